The molecule has 0 aliphatic carbocycles. The summed E-state index contributed by atoms with van der Waals surface area (Å²) >= 11 is 12.6. The summed E-state index contributed by atoms with van der Waals surface area (Å²) < 4.78 is 1.55. The zero-order valence-corrected chi connectivity index (χ0v) is 14.4. The Bertz CT molecular complexity index is 666. The third kappa shape index (κ3) is 3.34. The van der Waals surface area contributed by atoms with Crippen LogP contribution in [0.25, 0.3) is 0 Å². The lowest BCUT2D eigenvalue weighted by Gasteiger charge is -2.12. The Morgan fingerprint density at radius 3 is 2.55 bits per heavy atom. The molecule has 0 fully saturated rings. The van der Waals surface area contributed by atoms with Gasteiger partial charge in [-0.2, -0.15) is 0 Å². The van der Waals surface area contributed by atoms with E-state index in [2.05, 4.69) is 37.2 Å². The molecule has 0 atom stereocenters. The molecule has 0 bridgehead atoms. The standard InChI is InChI=1S/C14H11Br2ClN2O/c1-7-4-9(15)6-12(18)13(7)19-14(20)8-2-3-11(17)10(16)5-8/h2-6H,18H2,1H3,(H,19,20). The van der Waals surface area contributed by atoms with Crippen molar-refractivity contribution in [2.24, 2.45) is 0 Å². The highest BCUT2D eigenvalue weighted by atomic mass is 79.9. The van der Waals surface area contributed by atoms with Crippen LogP contribution >= 0.6 is 43.5 Å². The average Bonchev–Trinajstić information content (AvgIpc) is 2.36. The summed E-state index contributed by atoms with van der Waals surface area (Å²) in [5.74, 6) is -0.237. The van der Waals surface area contributed by atoms with Crippen LogP contribution in [0.1, 0.15) is 15.9 Å². The van der Waals surface area contributed by atoms with Gasteiger partial charge in [-0.1, -0.05) is 27.5 Å². The van der Waals surface area contributed by atoms with E-state index in [1.54, 1.807) is 24.3 Å². The number of hydrogen-bond acceptors (Lipinski definition) is 2. The number of nitrogen functional groups attached to an aromatic ring is 1. The number of nitrogens with two attached hydrogens (primary N) is 1. The van der Waals surface area contributed by atoms with Gasteiger partial charge in [0.25, 0.3) is 5.91 Å². The fourth-order valence-electron chi connectivity index (χ4n) is 1.76. The summed E-state index contributed by atoms with van der Waals surface area (Å²) in [6.45, 7) is 1.88. The number of nitrogens with one attached hydrogen (secondary N) is 1. The number of carbonyl (C=O) groups excluding carboxylic acids is 1. The Hall–Kier alpha value is -1.04. The summed E-state index contributed by atoms with van der Waals surface area (Å²) in [5.41, 5.74) is 8.44. The summed E-state index contributed by atoms with van der Waals surface area (Å²) in [5, 5.41) is 3.38. The fourth-order valence-corrected chi connectivity index (χ4v) is 2.85. The first kappa shape index (κ1) is 15.4. The Labute approximate surface area is 138 Å². The van der Waals surface area contributed by atoms with E-state index in [-0.39, 0.29) is 5.91 Å². The number of carbonyl (C=O) groups is 1. The molecular formula is C14H11Br2ClN2O. The lowest BCUT2D eigenvalue weighted by atomic mass is 10.1. The van der Waals surface area contributed by atoms with Crippen molar-refractivity contribution in [3.63, 3.8) is 0 Å². The lowest BCUT2D eigenvalue weighted by molar-refractivity contribution is 0.102. The fraction of sp³-hybridized carbons (Fsp3) is 0.0714. The van der Waals surface area contributed by atoms with Gasteiger partial charge in [0.2, 0.25) is 0 Å². The van der Waals surface area contributed by atoms with Crippen LogP contribution < -0.4 is 11.1 Å². The molecule has 0 aliphatic rings. The molecule has 0 saturated carbocycles. The van der Waals surface area contributed by atoms with E-state index >= 15 is 0 Å². The zero-order valence-electron chi connectivity index (χ0n) is 10.5. The average molecular weight is 419 g/mol. The van der Waals surface area contributed by atoms with Crippen molar-refractivity contribution in [1.82, 2.24) is 0 Å². The van der Waals surface area contributed by atoms with E-state index in [1.807, 2.05) is 13.0 Å². The summed E-state index contributed by atoms with van der Waals surface area (Å²) in [4.78, 5) is 12.2. The van der Waals surface area contributed by atoms with Crippen LogP contribution in [-0.2, 0) is 0 Å². The Morgan fingerprint density at radius 1 is 1.25 bits per heavy atom. The van der Waals surface area contributed by atoms with E-state index in [0.717, 1.165) is 10.0 Å². The van der Waals surface area contributed by atoms with E-state index in [4.69, 9.17) is 17.3 Å². The van der Waals surface area contributed by atoms with E-state index in [0.29, 0.717) is 26.4 Å². The molecular weight excluding hydrogens is 407 g/mol. The van der Waals surface area contributed by atoms with E-state index in [1.165, 1.54) is 0 Å². The van der Waals surface area contributed by atoms with Crippen LogP contribution in [-0.4, -0.2) is 5.91 Å². The van der Waals surface area contributed by atoms with Crippen molar-refractivity contribution >= 4 is 60.7 Å². The molecule has 104 valence electrons. The predicted molar refractivity (Wildman–Crippen MR) is 90.4 cm³/mol. The molecule has 0 unspecified atom stereocenters. The topological polar surface area (TPSA) is 55.1 Å². The Morgan fingerprint density at radius 2 is 1.95 bits per heavy atom. The number of hydrogen-bond donors (Lipinski definition) is 2. The number of halogens is 3. The van der Waals surface area contributed by atoms with Crippen LogP contribution in [0.2, 0.25) is 5.02 Å². The molecule has 0 heterocycles. The minimum atomic E-state index is -0.237. The molecule has 0 aromatic heterocycles. The monoisotopic (exact) mass is 416 g/mol. The van der Waals surface area contributed by atoms with Crippen molar-refractivity contribution in [2.45, 2.75) is 6.92 Å². The first-order valence-corrected chi connectivity index (χ1v) is 7.67. The minimum absolute atomic E-state index is 0.237. The highest BCUT2D eigenvalue weighted by Crippen LogP contribution is 2.29. The van der Waals surface area contributed by atoms with Gasteiger partial charge < -0.3 is 11.1 Å². The van der Waals surface area contributed by atoms with Crippen LogP contribution in [0.15, 0.2) is 39.3 Å². The van der Waals surface area contributed by atoms with Crippen molar-refractivity contribution < 1.29 is 4.79 Å². The quantitative estimate of drug-likeness (QED) is 0.674. The summed E-state index contributed by atoms with van der Waals surface area (Å²) in [6.07, 6.45) is 0. The molecule has 2 rings (SSSR count). The van der Waals surface area contributed by atoms with Crippen molar-refractivity contribution in [2.75, 3.05) is 11.1 Å². The maximum Gasteiger partial charge on any atom is 0.255 e. The Kier molecular flexibility index (Phi) is 4.73. The third-order valence-corrected chi connectivity index (χ3v) is 4.42. The predicted octanol–water partition coefficient (Wildman–Crippen LogP) is 5.01. The number of aryl methyl sites for hydroxylation is 1. The normalized spacial score (nSPS) is 10.4. The molecule has 0 spiro atoms. The Balaban J connectivity index is 2.30. The summed E-state index contributed by atoms with van der Waals surface area (Å²) in [7, 11) is 0. The first-order chi connectivity index (χ1) is 9.38. The van der Waals surface area contributed by atoms with E-state index in [9.17, 15) is 4.79 Å². The van der Waals surface area contributed by atoms with Crippen LogP contribution in [0.3, 0.4) is 0 Å². The number of anilines is 2. The molecule has 2 aromatic carbocycles. The van der Waals surface area contributed by atoms with Gasteiger partial charge in [-0.25, -0.2) is 0 Å². The zero-order chi connectivity index (χ0) is 14.9. The molecule has 0 radical (unpaired) electrons. The molecule has 20 heavy (non-hydrogen) atoms. The van der Waals surface area contributed by atoms with Crippen molar-refractivity contribution in [1.29, 1.82) is 0 Å². The number of amides is 1. The molecule has 6 heteroatoms. The molecule has 2 aromatic rings. The van der Waals surface area contributed by atoms with Crippen molar-refractivity contribution in [3.05, 3.63) is 55.4 Å². The highest BCUT2D eigenvalue weighted by Gasteiger charge is 2.12. The molecule has 0 saturated heterocycles. The minimum Gasteiger partial charge on any atom is -0.397 e. The van der Waals surface area contributed by atoms with Crippen LogP contribution in [0, 0.1) is 6.92 Å². The largest absolute Gasteiger partial charge is 0.397 e. The van der Waals surface area contributed by atoms with Gasteiger partial charge in [-0.05, 0) is 58.7 Å². The molecule has 1 amide bonds. The van der Waals surface area contributed by atoms with Gasteiger partial charge in [0.1, 0.15) is 0 Å². The first-order valence-electron chi connectivity index (χ1n) is 5.70. The molecule has 3 N–H and O–H groups in total. The highest BCUT2D eigenvalue weighted by molar-refractivity contribution is 9.10. The van der Waals surface area contributed by atoms with E-state index < -0.39 is 0 Å². The van der Waals surface area contributed by atoms with Gasteiger partial charge in [-0.3, -0.25) is 4.79 Å². The van der Waals surface area contributed by atoms with Gasteiger partial charge in [0, 0.05) is 14.5 Å². The van der Waals surface area contributed by atoms with Gasteiger partial charge >= 0.3 is 0 Å². The third-order valence-electron chi connectivity index (χ3n) is 2.75. The molecule has 3 nitrogen and oxygen atoms in total. The van der Waals surface area contributed by atoms with Gasteiger partial charge in [-0.15, -0.1) is 0 Å². The molecule has 0 aliphatic heterocycles. The van der Waals surface area contributed by atoms with Gasteiger partial charge in [0.05, 0.1) is 16.4 Å². The number of rotatable bonds is 2. The second-order valence-electron chi connectivity index (χ2n) is 4.27. The second kappa shape index (κ2) is 6.16. The van der Waals surface area contributed by atoms with Crippen LogP contribution in [0.5, 0.6) is 0 Å². The maximum absolute atomic E-state index is 12.2. The second-order valence-corrected chi connectivity index (χ2v) is 6.45. The number of benzene rings is 2. The van der Waals surface area contributed by atoms with Crippen LogP contribution in [0.4, 0.5) is 11.4 Å². The summed E-state index contributed by atoms with van der Waals surface area (Å²) in [6, 6.07) is 8.64. The lowest BCUT2D eigenvalue weighted by Crippen LogP contribution is -2.14. The van der Waals surface area contributed by atoms with Gasteiger partial charge in [0.15, 0.2) is 0 Å². The maximum atomic E-state index is 12.2. The smallest absolute Gasteiger partial charge is 0.255 e. The van der Waals surface area contributed by atoms with Crippen molar-refractivity contribution in [3.8, 4) is 0 Å². The SMILES string of the molecule is Cc1cc(Br)cc(N)c1NC(=O)c1ccc(Cl)c(Br)c1.